The Hall–Kier alpha value is -0.810. The van der Waals surface area contributed by atoms with E-state index in [-0.39, 0.29) is 19.3 Å². The van der Waals surface area contributed by atoms with Crippen LogP contribution < -0.4 is 0 Å². The molecule has 0 aromatic heterocycles. The Bertz CT molecular complexity index is 307. The van der Waals surface area contributed by atoms with Crippen molar-refractivity contribution in [3.8, 4) is 0 Å². The zero-order valence-electron chi connectivity index (χ0n) is 12.0. The number of aliphatic hydroxyl groups is 2. The van der Waals surface area contributed by atoms with Gasteiger partial charge in [0.05, 0.1) is 13.2 Å². The lowest BCUT2D eigenvalue weighted by Gasteiger charge is -2.36. The minimum atomic E-state index is -0.537. The molecule has 5 heteroatoms. The molecule has 18 heavy (non-hydrogen) atoms. The van der Waals surface area contributed by atoms with E-state index in [9.17, 15) is 15.0 Å². The van der Waals surface area contributed by atoms with E-state index in [0.29, 0.717) is 13.1 Å². The molecular formula is C13H25NO4. The maximum Gasteiger partial charge on any atom is 0.410 e. The molecule has 1 aliphatic rings. The number of likely N-dealkylation sites (tertiary alicyclic amines) is 1. The van der Waals surface area contributed by atoms with Gasteiger partial charge in [-0.25, -0.2) is 4.79 Å². The molecule has 1 heterocycles. The molecule has 0 bridgehead atoms. The Morgan fingerprint density at radius 3 is 1.83 bits per heavy atom. The number of aliphatic hydroxyl groups excluding tert-OH is 2. The zero-order valence-corrected chi connectivity index (χ0v) is 12.0. The van der Waals surface area contributed by atoms with E-state index in [0.717, 1.165) is 0 Å². The molecule has 1 fully saturated rings. The van der Waals surface area contributed by atoms with E-state index in [1.54, 1.807) is 4.90 Å². The van der Waals surface area contributed by atoms with Crippen molar-refractivity contribution in [2.24, 2.45) is 10.8 Å². The smallest absolute Gasteiger partial charge is 0.410 e. The first-order chi connectivity index (χ1) is 8.07. The average Bonchev–Trinajstić information content (AvgIpc) is 2.51. The van der Waals surface area contributed by atoms with E-state index >= 15 is 0 Å². The van der Waals surface area contributed by atoms with Gasteiger partial charge < -0.3 is 19.8 Å². The van der Waals surface area contributed by atoms with E-state index < -0.39 is 16.4 Å². The quantitative estimate of drug-likeness (QED) is 0.782. The predicted octanol–water partition coefficient (Wildman–Crippen LogP) is 1.23. The van der Waals surface area contributed by atoms with E-state index in [4.69, 9.17) is 4.74 Å². The van der Waals surface area contributed by atoms with Crippen molar-refractivity contribution in [2.75, 3.05) is 26.3 Å². The molecule has 1 rings (SSSR count). The molecule has 2 N–H and O–H groups in total. The van der Waals surface area contributed by atoms with Crippen LogP contribution >= 0.6 is 0 Å². The van der Waals surface area contributed by atoms with Crippen molar-refractivity contribution < 1.29 is 19.7 Å². The van der Waals surface area contributed by atoms with Crippen LogP contribution in [0.5, 0.6) is 0 Å². The van der Waals surface area contributed by atoms with Gasteiger partial charge in [-0.2, -0.15) is 0 Å². The standard InChI is InChI=1S/C13H25NO4/c1-11(2,3)18-10(17)14-6-12(4,8-15)13(5,7-14)9-16/h15-16H,6-9H2,1-5H3/t12-,13+. The molecule has 0 aliphatic carbocycles. The molecule has 0 aromatic rings. The van der Waals surface area contributed by atoms with Crippen LogP contribution in [0.4, 0.5) is 4.79 Å². The highest BCUT2D eigenvalue weighted by Gasteiger charge is 2.53. The maximum absolute atomic E-state index is 12.0. The molecular weight excluding hydrogens is 234 g/mol. The second-order valence-corrected chi connectivity index (χ2v) is 6.77. The Morgan fingerprint density at radius 1 is 1.17 bits per heavy atom. The van der Waals surface area contributed by atoms with Gasteiger partial charge in [0.15, 0.2) is 0 Å². The first-order valence-corrected chi connectivity index (χ1v) is 6.27. The van der Waals surface area contributed by atoms with Gasteiger partial charge in [0, 0.05) is 23.9 Å². The van der Waals surface area contributed by atoms with Crippen LogP contribution in [0, 0.1) is 10.8 Å². The van der Waals surface area contributed by atoms with Crippen LogP contribution in [0.25, 0.3) is 0 Å². The Morgan fingerprint density at radius 2 is 1.56 bits per heavy atom. The average molecular weight is 259 g/mol. The summed E-state index contributed by atoms with van der Waals surface area (Å²) in [4.78, 5) is 13.6. The monoisotopic (exact) mass is 259 g/mol. The molecule has 1 aliphatic heterocycles. The second kappa shape index (κ2) is 4.70. The van der Waals surface area contributed by atoms with E-state index in [1.807, 2.05) is 34.6 Å². The van der Waals surface area contributed by atoms with Gasteiger partial charge in [-0.15, -0.1) is 0 Å². The maximum atomic E-state index is 12.0. The number of amides is 1. The first kappa shape index (κ1) is 15.2. The van der Waals surface area contributed by atoms with Crippen molar-refractivity contribution in [3.05, 3.63) is 0 Å². The van der Waals surface area contributed by atoms with Gasteiger partial charge in [0.1, 0.15) is 5.60 Å². The Balaban J connectivity index is 2.82. The summed E-state index contributed by atoms with van der Waals surface area (Å²) < 4.78 is 5.32. The third kappa shape index (κ3) is 2.78. The molecule has 0 unspecified atom stereocenters. The van der Waals surface area contributed by atoms with Crippen LogP contribution in [0.1, 0.15) is 34.6 Å². The predicted molar refractivity (Wildman–Crippen MR) is 68.2 cm³/mol. The summed E-state index contributed by atoms with van der Waals surface area (Å²) in [5.74, 6) is 0. The van der Waals surface area contributed by atoms with Crippen molar-refractivity contribution in [2.45, 2.75) is 40.2 Å². The largest absolute Gasteiger partial charge is 0.444 e. The van der Waals surface area contributed by atoms with Crippen LogP contribution in [0.3, 0.4) is 0 Å². The van der Waals surface area contributed by atoms with Crippen molar-refractivity contribution in [3.63, 3.8) is 0 Å². The fraction of sp³-hybridized carbons (Fsp3) is 0.923. The van der Waals surface area contributed by atoms with Crippen LogP contribution in [0.2, 0.25) is 0 Å². The van der Waals surface area contributed by atoms with Gasteiger partial charge in [0.25, 0.3) is 0 Å². The van der Waals surface area contributed by atoms with Gasteiger partial charge >= 0.3 is 6.09 Å². The number of hydrogen-bond acceptors (Lipinski definition) is 4. The fourth-order valence-electron chi connectivity index (χ4n) is 2.22. The molecule has 106 valence electrons. The highest BCUT2D eigenvalue weighted by atomic mass is 16.6. The fourth-order valence-corrected chi connectivity index (χ4v) is 2.22. The summed E-state index contributed by atoms with van der Waals surface area (Å²) in [7, 11) is 0. The summed E-state index contributed by atoms with van der Waals surface area (Å²) in [6, 6.07) is 0. The SMILES string of the molecule is CC(C)(C)OC(=O)N1C[C@](C)(CO)[C@](C)(CO)C1. The normalized spacial score (nSPS) is 32.7. The minimum absolute atomic E-state index is 0.0661. The van der Waals surface area contributed by atoms with Gasteiger partial charge in [-0.05, 0) is 20.8 Å². The molecule has 0 spiro atoms. The lowest BCUT2D eigenvalue weighted by molar-refractivity contribution is 0.00976. The number of carbonyl (C=O) groups is 1. The van der Waals surface area contributed by atoms with Crippen molar-refractivity contribution in [1.29, 1.82) is 0 Å². The number of ether oxygens (including phenoxy) is 1. The van der Waals surface area contributed by atoms with Gasteiger partial charge in [-0.3, -0.25) is 0 Å². The Kier molecular flexibility index (Phi) is 3.98. The molecule has 5 nitrogen and oxygen atoms in total. The van der Waals surface area contributed by atoms with Gasteiger partial charge in [-0.1, -0.05) is 13.8 Å². The Labute approximate surface area is 109 Å². The summed E-state index contributed by atoms with van der Waals surface area (Å²) >= 11 is 0. The molecule has 0 saturated carbocycles. The van der Waals surface area contributed by atoms with E-state index in [1.165, 1.54) is 0 Å². The van der Waals surface area contributed by atoms with Crippen LogP contribution in [-0.4, -0.2) is 53.1 Å². The minimum Gasteiger partial charge on any atom is -0.444 e. The van der Waals surface area contributed by atoms with Gasteiger partial charge in [0.2, 0.25) is 0 Å². The lowest BCUT2D eigenvalue weighted by atomic mass is 9.69. The molecule has 0 aromatic carbocycles. The summed E-state index contributed by atoms with van der Waals surface area (Å²) in [6.07, 6.45) is -0.389. The zero-order chi connectivity index (χ0) is 14.2. The van der Waals surface area contributed by atoms with Crippen molar-refractivity contribution >= 4 is 6.09 Å². The van der Waals surface area contributed by atoms with Crippen LogP contribution in [0.15, 0.2) is 0 Å². The summed E-state index contributed by atoms with van der Waals surface area (Å²) in [5.41, 5.74) is -1.54. The second-order valence-electron chi connectivity index (χ2n) is 6.77. The molecule has 2 atom stereocenters. The number of rotatable bonds is 2. The molecule has 1 saturated heterocycles. The van der Waals surface area contributed by atoms with E-state index in [2.05, 4.69) is 0 Å². The first-order valence-electron chi connectivity index (χ1n) is 6.27. The highest BCUT2D eigenvalue weighted by Crippen LogP contribution is 2.45. The topological polar surface area (TPSA) is 70.0 Å². The van der Waals surface area contributed by atoms with Crippen LogP contribution in [-0.2, 0) is 4.74 Å². The number of nitrogens with zero attached hydrogens (tertiary/aromatic N) is 1. The third-order valence-corrected chi connectivity index (χ3v) is 3.89. The number of carbonyl (C=O) groups excluding carboxylic acids is 1. The summed E-state index contributed by atoms with van der Waals surface area (Å²) in [6.45, 7) is 9.88. The summed E-state index contributed by atoms with van der Waals surface area (Å²) in [5, 5.41) is 19.1. The third-order valence-electron chi connectivity index (χ3n) is 3.89. The molecule has 1 amide bonds. The highest BCUT2D eigenvalue weighted by molar-refractivity contribution is 5.68. The lowest BCUT2D eigenvalue weighted by Crippen LogP contribution is -2.41. The van der Waals surface area contributed by atoms with Crippen molar-refractivity contribution in [1.82, 2.24) is 4.90 Å². The number of hydrogen-bond donors (Lipinski definition) is 2. The molecule has 0 radical (unpaired) electrons.